The summed E-state index contributed by atoms with van der Waals surface area (Å²) in [5, 5.41) is 2.93. The summed E-state index contributed by atoms with van der Waals surface area (Å²) < 4.78 is 69.0. The van der Waals surface area contributed by atoms with Crippen molar-refractivity contribution >= 4 is 27.5 Å². The van der Waals surface area contributed by atoms with Gasteiger partial charge >= 0.3 is 0 Å². The molecule has 48 heavy (non-hydrogen) atoms. The largest absolute Gasteiger partial charge is 0.493 e. The van der Waals surface area contributed by atoms with Crippen molar-refractivity contribution in [3.8, 4) is 11.5 Å². The van der Waals surface area contributed by atoms with E-state index in [4.69, 9.17) is 9.47 Å². The van der Waals surface area contributed by atoms with Gasteiger partial charge in [-0.2, -0.15) is 0 Å². The molecule has 2 amide bonds. The van der Waals surface area contributed by atoms with Crippen LogP contribution in [0.1, 0.15) is 31.4 Å². The molecule has 12 heteroatoms. The summed E-state index contributed by atoms with van der Waals surface area (Å²) in [6, 6.07) is 22.1. The second-order valence-electron chi connectivity index (χ2n) is 11.1. The van der Waals surface area contributed by atoms with Gasteiger partial charge in [0, 0.05) is 30.6 Å². The fourth-order valence-corrected chi connectivity index (χ4v) is 6.48. The number of sulfonamides is 1. The van der Waals surface area contributed by atoms with E-state index in [2.05, 4.69) is 5.32 Å². The van der Waals surface area contributed by atoms with E-state index < -0.39 is 46.1 Å². The van der Waals surface area contributed by atoms with Crippen molar-refractivity contribution in [2.45, 2.75) is 50.2 Å². The Labute approximate surface area is 280 Å². The first-order chi connectivity index (χ1) is 23.0. The van der Waals surface area contributed by atoms with E-state index in [0.717, 1.165) is 22.0 Å². The lowest BCUT2D eigenvalue weighted by molar-refractivity contribution is -0.140. The second-order valence-corrected chi connectivity index (χ2v) is 13.0. The first-order valence-corrected chi connectivity index (χ1v) is 16.8. The Hall–Kier alpha value is -4.97. The highest BCUT2D eigenvalue weighted by Crippen LogP contribution is 2.32. The summed E-state index contributed by atoms with van der Waals surface area (Å²) in [5.74, 6) is -2.05. The van der Waals surface area contributed by atoms with Gasteiger partial charge in [0.25, 0.3) is 10.0 Å². The predicted molar refractivity (Wildman–Crippen MR) is 179 cm³/mol. The van der Waals surface area contributed by atoms with Crippen molar-refractivity contribution < 1.29 is 36.3 Å². The molecule has 0 radical (unpaired) electrons. The van der Waals surface area contributed by atoms with E-state index in [1.807, 2.05) is 32.0 Å². The smallest absolute Gasteiger partial charge is 0.264 e. The van der Waals surface area contributed by atoms with Gasteiger partial charge in [0.15, 0.2) is 11.5 Å². The van der Waals surface area contributed by atoms with Crippen LogP contribution in [0.5, 0.6) is 11.5 Å². The normalized spacial score (nSPS) is 12.5. The number of ether oxygens (including phenoxy) is 2. The molecular formula is C36H39F2N3O6S. The minimum absolute atomic E-state index is 0.00552. The molecule has 0 unspecified atom stereocenters. The molecule has 0 aliphatic carbocycles. The van der Waals surface area contributed by atoms with Crippen molar-refractivity contribution in [2.75, 3.05) is 25.1 Å². The number of nitrogens with zero attached hydrogens (tertiary/aromatic N) is 2. The first-order valence-electron chi connectivity index (χ1n) is 15.4. The van der Waals surface area contributed by atoms with E-state index >= 15 is 4.39 Å². The fourth-order valence-electron chi connectivity index (χ4n) is 5.05. The molecule has 0 saturated heterocycles. The SMILES string of the molecule is CC[C@@H](C)NC(=O)[C@H](Cc1ccccc1)N(Cc1ccccc1F)C(=O)CN(c1ccc(F)cc1)S(=O)(=O)c1ccc(OC)c(OC)c1. The maximum absolute atomic E-state index is 15.1. The zero-order valence-corrected chi connectivity index (χ0v) is 28.0. The number of rotatable bonds is 15. The molecule has 9 nitrogen and oxygen atoms in total. The number of halogens is 2. The highest BCUT2D eigenvalue weighted by Gasteiger charge is 2.35. The minimum atomic E-state index is -4.51. The molecule has 254 valence electrons. The molecule has 0 bridgehead atoms. The van der Waals surface area contributed by atoms with Crippen LogP contribution in [0.15, 0.2) is 102 Å². The molecule has 0 aliphatic rings. The third kappa shape index (κ3) is 8.68. The van der Waals surface area contributed by atoms with Gasteiger partial charge in [-0.25, -0.2) is 17.2 Å². The fraction of sp³-hybridized carbons (Fsp3) is 0.278. The van der Waals surface area contributed by atoms with Crippen LogP contribution in [-0.2, 0) is 32.6 Å². The number of carbonyl (C=O) groups excluding carboxylic acids is 2. The Morgan fingerprint density at radius 3 is 2.12 bits per heavy atom. The van der Waals surface area contributed by atoms with Gasteiger partial charge in [0.05, 0.1) is 24.8 Å². The molecule has 0 spiro atoms. The van der Waals surface area contributed by atoms with Crippen LogP contribution in [0.25, 0.3) is 0 Å². The summed E-state index contributed by atoms with van der Waals surface area (Å²) in [6.45, 7) is 2.61. The summed E-state index contributed by atoms with van der Waals surface area (Å²) in [7, 11) is -1.75. The van der Waals surface area contributed by atoms with Crippen LogP contribution in [0.3, 0.4) is 0 Å². The van der Waals surface area contributed by atoms with E-state index in [0.29, 0.717) is 6.42 Å². The number of hydrogen-bond donors (Lipinski definition) is 1. The van der Waals surface area contributed by atoms with Crippen molar-refractivity contribution in [1.29, 1.82) is 0 Å². The van der Waals surface area contributed by atoms with Gasteiger partial charge in [-0.15, -0.1) is 0 Å². The highest BCUT2D eigenvalue weighted by molar-refractivity contribution is 7.92. The van der Waals surface area contributed by atoms with Gasteiger partial charge in [0.1, 0.15) is 24.2 Å². The van der Waals surface area contributed by atoms with Crippen LogP contribution in [0, 0.1) is 11.6 Å². The number of hydrogen-bond acceptors (Lipinski definition) is 6. The van der Waals surface area contributed by atoms with Crippen molar-refractivity contribution in [3.63, 3.8) is 0 Å². The maximum Gasteiger partial charge on any atom is 0.264 e. The lowest BCUT2D eigenvalue weighted by atomic mass is 10.0. The molecule has 0 saturated carbocycles. The third-order valence-corrected chi connectivity index (χ3v) is 9.68. The topological polar surface area (TPSA) is 105 Å². The predicted octanol–water partition coefficient (Wildman–Crippen LogP) is 5.73. The highest BCUT2D eigenvalue weighted by atomic mass is 32.2. The number of anilines is 1. The molecule has 0 fully saturated rings. The zero-order valence-electron chi connectivity index (χ0n) is 27.2. The quantitative estimate of drug-likeness (QED) is 0.172. The van der Waals surface area contributed by atoms with Crippen LogP contribution in [-0.4, -0.2) is 58.0 Å². The Morgan fingerprint density at radius 1 is 0.854 bits per heavy atom. The lowest BCUT2D eigenvalue weighted by Gasteiger charge is -2.34. The monoisotopic (exact) mass is 679 g/mol. The Kier molecular flexibility index (Phi) is 12.1. The van der Waals surface area contributed by atoms with Gasteiger partial charge in [0.2, 0.25) is 11.8 Å². The van der Waals surface area contributed by atoms with Crippen molar-refractivity contribution in [2.24, 2.45) is 0 Å². The minimum Gasteiger partial charge on any atom is -0.493 e. The average molecular weight is 680 g/mol. The molecule has 0 heterocycles. The summed E-state index contributed by atoms with van der Waals surface area (Å²) in [6.07, 6.45) is 0.690. The summed E-state index contributed by atoms with van der Waals surface area (Å²) in [4.78, 5) is 29.4. The average Bonchev–Trinajstić information content (AvgIpc) is 3.09. The number of benzene rings is 4. The first kappa shape index (κ1) is 35.9. The van der Waals surface area contributed by atoms with Crippen LogP contribution >= 0.6 is 0 Å². The summed E-state index contributed by atoms with van der Waals surface area (Å²) in [5.41, 5.74) is 0.867. The number of nitrogens with one attached hydrogen (secondary N) is 1. The van der Waals surface area contributed by atoms with Crippen molar-refractivity contribution in [1.82, 2.24) is 10.2 Å². The Balaban J connectivity index is 1.84. The van der Waals surface area contributed by atoms with E-state index in [9.17, 15) is 22.4 Å². The van der Waals surface area contributed by atoms with Gasteiger partial charge in [-0.1, -0.05) is 55.5 Å². The van der Waals surface area contributed by atoms with Gasteiger partial charge < -0.3 is 19.7 Å². The Morgan fingerprint density at radius 2 is 1.50 bits per heavy atom. The van der Waals surface area contributed by atoms with Crippen LogP contribution < -0.4 is 19.1 Å². The number of carbonyl (C=O) groups is 2. The molecule has 1 N–H and O–H groups in total. The van der Waals surface area contributed by atoms with Crippen LogP contribution in [0.4, 0.5) is 14.5 Å². The van der Waals surface area contributed by atoms with E-state index in [-0.39, 0.29) is 46.7 Å². The summed E-state index contributed by atoms with van der Waals surface area (Å²) >= 11 is 0. The lowest BCUT2D eigenvalue weighted by Crippen LogP contribution is -2.54. The number of amides is 2. The second kappa shape index (κ2) is 16.2. The Bertz CT molecular complexity index is 1810. The van der Waals surface area contributed by atoms with Gasteiger partial charge in [-0.3, -0.25) is 13.9 Å². The molecule has 0 aliphatic heterocycles. The van der Waals surface area contributed by atoms with E-state index in [1.54, 1.807) is 18.2 Å². The van der Waals surface area contributed by atoms with Gasteiger partial charge in [-0.05, 0) is 61.4 Å². The van der Waals surface area contributed by atoms with Crippen molar-refractivity contribution in [3.05, 3.63) is 120 Å². The van der Waals surface area contributed by atoms with E-state index in [1.165, 1.54) is 67.7 Å². The molecule has 2 atom stereocenters. The molecule has 0 aromatic heterocycles. The molecule has 4 rings (SSSR count). The third-order valence-electron chi connectivity index (χ3n) is 7.91. The molecular weight excluding hydrogens is 640 g/mol. The number of methoxy groups -OCH3 is 2. The zero-order chi connectivity index (χ0) is 34.8. The van der Waals surface area contributed by atoms with Crippen LogP contribution in [0.2, 0.25) is 0 Å². The standard InChI is InChI=1S/C36H39F2N3O6S/c1-5-25(2)39-36(43)32(21-26-11-7-6-8-12-26)40(23-27-13-9-10-14-31(27)38)35(42)24-41(29-17-15-28(37)16-18-29)48(44,45)30-19-20-33(46-3)34(22-30)47-4/h6-20,22,25,32H,5,21,23-24H2,1-4H3,(H,39,43)/t25-,32+/m1/s1. The molecule has 4 aromatic rings. The molecule has 4 aromatic carbocycles. The maximum atomic E-state index is 15.1.